The van der Waals surface area contributed by atoms with Crippen molar-refractivity contribution in [1.82, 2.24) is 20.1 Å². The van der Waals surface area contributed by atoms with Gasteiger partial charge in [-0.25, -0.2) is 9.18 Å². The lowest BCUT2D eigenvalue weighted by Crippen LogP contribution is -2.33. The molecule has 0 aliphatic carbocycles. The van der Waals surface area contributed by atoms with Gasteiger partial charge in [0.05, 0.1) is 23.3 Å². The normalized spacial score (nSPS) is 13.3. The molecule has 1 aliphatic heterocycles. The van der Waals surface area contributed by atoms with Crippen molar-refractivity contribution in [2.24, 2.45) is 0 Å². The number of benzene rings is 2. The number of hydrogen-bond donors (Lipinski definition) is 2. The summed E-state index contributed by atoms with van der Waals surface area (Å²) in [4.78, 5) is 43.6. The summed E-state index contributed by atoms with van der Waals surface area (Å²) in [5.41, 5.74) is 3.04. The summed E-state index contributed by atoms with van der Waals surface area (Å²) in [5, 5.41) is 3.45. The van der Waals surface area contributed by atoms with Gasteiger partial charge in [-0.05, 0) is 56.1 Å². The molecule has 0 saturated heterocycles. The van der Waals surface area contributed by atoms with Crippen LogP contribution in [0.3, 0.4) is 0 Å². The lowest BCUT2D eigenvalue weighted by atomic mass is 10.0. The number of carbonyl (C=O) groups is 3. The molecule has 0 atom stereocenters. The zero-order valence-electron chi connectivity index (χ0n) is 19.4. The molecule has 2 aromatic carbocycles. The fraction of sp³-hybridized carbons (Fsp3) is 0.192. The number of amides is 2. The lowest BCUT2D eigenvalue weighted by molar-refractivity contribution is -0.103. The Kier molecular flexibility index (Phi) is 6.79. The molecule has 0 fully saturated rings. The highest BCUT2D eigenvalue weighted by atomic mass is 19.1. The van der Waals surface area contributed by atoms with E-state index in [2.05, 4.69) is 16.9 Å². The average Bonchev–Trinajstić information content (AvgIpc) is 3.13. The zero-order valence-corrected chi connectivity index (χ0v) is 19.4. The van der Waals surface area contributed by atoms with Crippen molar-refractivity contribution in [1.29, 1.82) is 0 Å². The number of aromatic nitrogens is 1. The highest BCUT2D eigenvalue weighted by Crippen LogP contribution is 2.36. The van der Waals surface area contributed by atoms with E-state index in [0.717, 1.165) is 5.39 Å². The predicted octanol–water partition coefficient (Wildman–Crippen LogP) is 3.67. The van der Waals surface area contributed by atoms with E-state index in [1.165, 1.54) is 35.4 Å². The van der Waals surface area contributed by atoms with Crippen LogP contribution in [0.5, 0.6) is 5.75 Å². The Labute approximate surface area is 201 Å². The Morgan fingerprint density at radius 2 is 1.97 bits per heavy atom. The monoisotopic (exact) mass is 476 g/mol. The van der Waals surface area contributed by atoms with Crippen LogP contribution in [-0.2, 0) is 4.79 Å². The third kappa shape index (κ3) is 5.15. The molecule has 0 spiro atoms. The van der Waals surface area contributed by atoms with Crippen LogP contribution in [0.1, 0.15) is 21.6 Å². The fourth-order valence-electron chi connectivity index (χ4n) is 3.89. The molecule has 2 N–H and O–H groups in total. The first-order chi connectivity index (χ1) is 16.8. The number of fused-ring (bicyclic) bond motifs is 3. The number of H-pyrrole nitrogens is 1. The van der Waals surface area contributed by atoms with Gasteiger partial charge >= 0.3 is 6.09 Å². The number of hydrogen-bond acceptors (Lipinski definition) is 5. The molecule has 2 amide bonds. The molecule has 8 nitrogen and oxygen atoms in total. The number of rotatable bonds is 6. The summed E-state index contributed by atoms with van der Waals surface area (Å²) in [6.45, 7) is 5.41. The van der Waals surface area contributed by atoms with Crippen LogP contribution in [0.15, 0.2) is 55.2 Å². The van der Waals surface area contributed by atoms with Gasteiger partial charge in [-0.3, -0.25) is 9.59 Å². The molecule has 1 aromatic heterocycles. The lowest BCUT2D eigenvalue weighted by Gasteiger charge is -2.18. The molecule has 0 saturated carbocycles. The Morgan fingerprint density at radius 3 is 2.66 bits per heavy atom. The van der Waals surface area contributed by atoms with Crippen molar-refractivity contribution in [2.45, 2.75) is 0 Å². The second-order valence-corrected chi connectivity index (χ2v) is 8.45. The number of carbonyl (C=O) groups excluding carboxylic acids is 3. The number of aldehydes is 1. The average molecular weight is 477 g/mol. The molecule has 180 valence electrons. The van der Waals surface area contributed by atoms with E-state index in [4.69, 9.17) is 4.74 Å². The fourth-order valence-corrected chi connectivity index (χ4v) is 3.89. The molecule has 3 aromatic rings. The predicted molar refractivity (Wildman–Crippen MR) is 131 cm³/mol. The zero-order chi connectivity index (χ0) is 25.1. The van der Waals surface area contributed by atoms with E-state index >= 15 is 0 Å². The third-order valence-corrected chi connectivity index (χ3v) is 5.59. The highest BCUT2D eigenvalue weighted by Gasteiger charge is 2.26. The number of allylic oxidation sites excluding steroid dienone is 1. The Hall–Kier alpha value is -4.24. The summed E-state index contributed by atoms with van der Waals surface area (Å²) in [7, 11) is 3.81. The van der Waals surface area contributed by atoms with Crippen LogP contribution in [0, 0.1) is 5.82 Å². The molecule has 0 radical (unpaired) electrons. The Balaban J connectivity index is 1.61. The standard InChI is InChI=1S/C26H25FN4O4/c1-16-13-31(25(33)17-4-6-19(27)7-5-17)14-18(15-32)24-23(16)21-9-8-20(12-22(21)29-24)35-26(34)28-10-11-30(2)3/h4-9,12,14-15,29H,1,10-11,13H2,2-3H3,(H,28,34). The summed E-state index contributed by atoms with van der Waals surface area (Å²) in [6.07, 6.45) is 1.56. The molecule has 0 bridgehead atoms. The van der Waals surface area contributed by atoms with Crippen LogP contribution >= 0.6 is 0 Å². The van der Waals surface area contributed by atoms with Gasteiger partial charge in [-0.15, -0.1) is 0 Å². The highest BCUT2D eigenvalue weighted by molar-refractivity contribution is 6.13. The number of nitrogens with zero attached hydrogens (tertiary/aromatic N) is 2. The van der Waals surface area contributed by atoms with Crippen LogP contribution in [0.25, 0.3) is 22.0 Å². The van der Waals surface area contributed by atoms with Crippen molar-refractivity contribution in [3.63, 3.8) is 0 Å². The number of halogens is 1. The van der Waals surface area contributed by atoms with Crippen LogP contribution in [0.4, 0.5) is 9.18 Å². The van der Waals surface area contributed by atoms with Crippen molar-refractivity contribution in [2.75, 3.05) is 33.7 Å². The first kappa shape index (κ1) is 23.9. The number of aromatic amines is 1. The Morgan fingerprint density at radius 1 is 1.23 bits per heavy atom. The minimum absolute atomic E-state index is 0.139. The van der Waals surface area contributed by atoms with Gasteiger partial charge in [0.15, 0.2) is 6.29 Å². The maximum absolute atomic E-state index is 13.3. The molecule has 2 heterocycles. The van der Waals surface area contributed by atoms with E-state index in [0.29, 0.717) is 53.0 Å². The minimum atomic E-state index is -0.563. The van der Waals surface area contributed by atoms with Gasteiger partial charge in [-0.1, -0.05) is 6.58 Å². The topological polar surface area (TPSA) is 94.7 Å². The molecular formula is C26H25FN4O4. The van der Waals surface area contributed by atoms with Crippen molar-refractivity contribution < 1.29 is 23.5 Å². The van der Waals surface area contributed by atoms with E-state index in [-0.39, 0.29) is 18.0 Å². The molecule has 4 rings (SSSR count). The summed E-state index contributed by atoms with van der Waals surface area (Å²) >= 11 is 0. The summed E-state index contributed by atoms with van der Waals surface area (Å²) in [5.74, 6) is -0.482. The van der Waals surface area contributed by atoms with Gasteiger partial charge < -0.3 is 24.8 Å². The molecular weight excluding hydrogens is 451 g/mol. The molecule has 35 heavy (non-hydrogen) atoms. The van der Waals surface area contributed by atoms with Crippen molar-refractivity contribution >= 4 is 40.3 Å². The van der Waals surface area contributed by atoms with Crippen LogP contribution in [-0.4, -0.2) is 66.8 Å². The maximum Gasteiger partial charge on any atom is 0.412 e. The van der Waals surface area contributed by atoms with E-state index in [1.54, 1.807) is 18.2 Å². The third-order valence-electron chi connectivity index (χ3n) is 5.59. The molecule has 0 unspecified atom stereocenters. The summed E-state index contributed by atoms with van der Waals surface area (Å²) in [6, 6.07) is 10.3. The van der Waals surface area contributed by atoms with Gasteiger partial charge in [0.1, 0.15) is 11.6 Å². The van der Waals surface area contributed by atoms with Gasteiger partial charge in [0.2, 0.25) is 0 Å². The van der Waals surface area contributed by atoms with E-state index < -0.39 is 11.9 Å². The maximum atomic E-state index is 13.3. The van der Waals surface area contributed by atoms with Crippen LogP contribution < -0.4 is 10.1 Å². The number of ether oxygens (including phenoxy) is 1. The minimum Gasteiger partial charge on any atom is -0.410 e. The molecule has 9 heteroatoms. The molecule has 1 aliphatic rings. The van der Waals surface area contributed by atoms with Crippen molar-refractivity contribution in [3.8, 4) is 5.75 Å². The van der Waals surface area contributed by atoms with Gasteiger partial charge in [0.25, 0.3) is 5.91 Å². The van der Waals surface area contributed by atoms with Crippen molar-refractivity contribution in [3.05, 3.63) is 77.9 Å². The summed E-state index contributed by atoms with van der Waals surface area (Å²) < 4.78 is 18.6. The second-order valence-electron chi connectivity index (χ2n) is 8.45. The van der Waals surface area contributed by atoms with Gasteiger partial charge in [-0.2, -0.15) is 0 Å². The second kappa shape index (κ2) is 9.94. The van der Waals surface area contributed by atoms with Crippen LogP contribution in [0.2, 0.25) is 0 Å². The van der Waals surface area contributed by atoms with Gasteiger partial charge in [0, 0.05) is 41.9 Å². The number of nitrogens with one attached hydrogen (secondary N) is 2. The van der Waals surface area contributed by atoms with E-state index in [9.17, 15) is 18.8 Å². The Bertz CT molecular complexity index is 1340. The smallest absolute Gasteiger partial charge is 0.410 e. The SMILES string of the molecule is C=C1CN(C(=O)c2ccc(F)cc2)C=C(C=O)c2[nH]c3cc(OC(=O)NCCN(C)C)ccc3c21. The number of likely N-dealkylation sites (N-methyl/N-ethyl adjacent to an activating group) is 1. The first-order valence-corrected chi connectivity index (χ1v) is 10.9. The first-order valence-electron chi connectivity index (χ1n) is 10.9. The largest absolute Gasteiger partial charge is 0.412 e. The quantitative estimate of drug-likeness (QED) is 0.530. The van der Waals surface area contributed by atoms with E-state index in [1.807, 2.05) is 19.0 Å².